The fourth-order valence-electron chi connectivity index (χ4n) is 3.62. The molecule has 0 spiro atoms. The minimum absolute atomic E-state index is 0.0694. The van der Waals surface area contributed by atoms with Gasteiger partial charge in [-0.15, -0.1) is 0 Å². The topological polar surface area (TPSA) is 92.5 Å². The van der Waals surface area contributed by atoms with Gasteiger partial charge >= 0.3 is 6.18 Å². The number of H-pyrrole nitrogens is 1. The molecule has 9 heteroatoms. The van der Waals surface area contributed by atoms with E-state index in [4.69, 9.17) is 5.73 Å². The largest absolute Gasteiger partial charge is 0.433 e. The summed E-state index contributed by atoms with van der Waals surface area (Å²) in [6.45, 7) is 3.90. The van der Waals surface area contributed by atoms with Crippen molar-refractivity contribution in [1.29, 1.82) is 0 Å². The number of nitrogens with zero attached hydrogens (tertiary/aromatic N) is 3. The number of benzene rings is 1. The van der Waals surface area contributed by atoms with Gasteiger partial charge in [0.15, 0.2) is 0 Å². The molecule has 4 N–H and O–H groups in total. The predicted octanol–water partition coefficient (Wildman–Crippen LogP) is 5.62. The molecule has 0 unspecified atom stereocenters. The maximum atomic E-state index is 13.2. The SMILES string of the molecule is Cc1cc(-c2ccccc2)c([C@H](C)Nc2ncnc(N)c2-c2ccnc(C(F)(F)F)c2)[nH]1. The third kappa shape index (κ3) is 4.27. The van der Waals surface area contributed by atoms with Gasteiger partial charge in [0, 0.05) is 23.1 Å². The van der Waals surface area contributed by atoms with E-state index in [1.807, 2.05) is 44.2 Å². The highest BCUT2D eigenvalue weighted by Gasteiger charge is 2.33. The van der Waals surface area contributed by atoms with Crippen LogP contribution < -0.4 is 11.1 Å². The van der Waals surface area contributed by atoms with Gasteiger partial charge in [0.25, 0.3) is 0 Å². The van der Waals surface area contributed by atoms with Gasteiger partial charge in [-0.05, 0) is 43.2 Å². The molecule has 0 amide bonds. The van der Waals surface area contributed by atoms with Crippen molar-refractivity contribution in [3.8, 4) is 22.3 Å². The summed E-state index contributed by atoms with van der Waals surface area (Å²) >= 11 is 0. The summed E-state index contributed by atoms with van der Waals surface area (Å²) in [6, 6.07) is 14.1. The highest BCUT2D eigenvalue weighted by atomic mass is 19.4. The first kappa shape index (κ1) is 21.4. The highest BCUT2D eigenvalue weighted by molar-refractivity contribution is 5.84. The fourth-order valence-corrected chi connectivity index (χ4v) is 3.62. The maximum absolute atomic E-state index is 13.2. The molecule has 1 atom stereocenters. The zero-order valence-electron chi connectivity index (χ0n) is 17.4. The van der Waals surface area contributed by atoms with Gasteiger partial charge in [-0.2, -0.15) is 13.2 Å². The van der Waals surface area contributed by atoms with Crippen LogP contribution in [0.2, 0.25) is 0 Å². The number of aromatic amines is 1. The van der Waals surface area contributed by atoms with Crippen LogP contribution in [0.15, 0.2) is 61.1 Å². The summed E-state index contributed by atoms with van der Waals surface area (Å²) in [4.78, 5) is 15.0. The number of nitrogens with two attached hydrogens (primary N) is 1. The number of hydrogen-bond acceptors (Lipinski definition) is 5. The van der Waals surface area contributed by atoms with Gasteiger partial charge in [0.05, 0.1) is 11.6 Å². The number of rotatable bonds is 5. The first-order valence-corrected chi connectivity index (χ1v) is 9.89. The van der Waals surface area contributed by atoms with E-state index >= 15 is 0 Å². The van der Waals surface area contributed by atoms with Crippen molar-refractivity contribution >= 4 is 11.6 Å². The second-order valence-electron chi connectivity index (χ2n) is 7.42. The zero-order valence-corrected chi connectivity index (χ0v) is 17.4. The molecule has 3 heterocycles. The van der Waals surface area contributed by atoms with Gasteiger partial charge in [-0.1, -0.05) is 30.3 Å². The second-order valence-corrected chi connectivity index (χ2v) is 7.42. The Morgan fingerprint density at radius 2 is 1.75 bits per heavy atom. The lowest BCUT2D eigenvalue weighted by molar-refractivity contribution is -0.141. The third-order valence-electron chi connectivity index (χ3n) is 5.07. The number of nitrogen functional groups attached to an aromatic ring is 1. The molecule has 0 bridgehead atoms. The Morgan fingerprint density at radius 1 is 1.00 bits per heavy atom. The smallest absolute Gasteiger partial charge is 0.383 e. The van der Waals surface area contributed by atoms with Crippen molar-refractivity contribution in [3.05, 3.63) is 78.1 Å². The van der Waals surface area contributed by atoms with E-state index in [9.17, 15) is 13.2 Å². The van der Waals surface area contributed by atoms with Crippen LogP contribution in [0.3, 0.4) is 0 Å². The van der Waals surface area contributed by atoms with Crippen LogP contribution in [0, 0.1) is 6.92 Å². The summed E-state index contributed by atoms with van der Waals surface area (Å²) < 4.78 is 39.5. The normalized spacial score (nSPS) is 12.5. The zero-order chi connectivity index (χ0) is 22.9. The summed E-state index contributed by atoms with van der Waals surface area (Å²) in [5.74, 6) is 0.399. The molecule has 6 nitrogen and oxygen atoms in total. The molecule has 32 heavy (non-hydrogen) atoms. The van der Waals surface area contributed by atoms with E-state index in [1.165, 1.54) is 12.4 Å². The Labute approximate surface area is 182 Å². The molecular formula is C23H21F3N6. The number of anilines is 2. The van der Waals surface area contributed by atoms with Crippen LogP contribution in [0.5, 0.6) is 0 Å². The van der Waals surface area contributed by atoms with Crippen LogP contribution >= 0.6 is 0 Å². The van der Waals surface area contributed by atoms with Gasteiger partial charge in [-0.25, -0.2) is 9.97 Å². The molecule has 0 radical (unpaired) electrons. The number of hydrogen-bond donors (Lipinski definition) is 3. The minimum Gasteiger partial charge on any atom is -0.383 e. The average Bonchev–Trinajstić information content (AvgIpc) is 3.16. The molecule has 4 rings (SSSR count). The van der Waals surface area contributed by atoms with Gasteiger partial charge in [0.1, 0.15) is 23.7 Å². The van der Waals surface area contributed by atoms with Crippen molar-refractivity contribution in [2.75, 3.05) is 11.1 Å². The first-order chi connectivity index (χ1) is 15.2. The molecule has 1 aromatic carbocycles. The van der Waals surface area contributed by atoms with Crippen molar-refractivity contribution < 1.29 is 13.2 Å². The standard InChI is InChI=1S/C23H21F3N6/c1-13-10-17(15-6-4-3-5-7-15)20(31-13)14(2)32-22-19(21(27)29-12-30-22)16-8-9-28-18(11-16)23(24,25)26/h3-12,14,31H,1-2H3,(H3,27,29,30,32)/t14-/m0/s1. The number of aromatic nitrogens is 4. The molecule has 0 aliphatic rings. The van der Waals surface area contributed by atoms with Gasteiger partial charge in [0.2, 0.25) is 0 Å². The van der Waals surface area contributed by atoms with Gasteiger partial charge in [-0.3, -0.25) is 4.98 Å². The lowest BCUT2D eigenvalue weighted by Crippen LogP contribution is -2.12. The average molecular weight is 438 g/mol. The number of pyridine rings is 1. The minimum atomic E-state index is -4.58. The fraction of sp³-hybridized carbons (Fsp3) is 0.174. The quantitative estimate of drug-likeness (QED) is 0.376. The Bertz CT molecular complexity index is 1230. The molecule has 0 saturated heterocycles. The Hall–Kier alpha value is -3.88. The van der Waals surface area contributed by atoms with E-state index in [0.717, 1.165) is 34.8 Å². The molecule has 4 aromatic rings. The summed E-state index contributed by atoms with van der Waals surface area (Å²) in [7, 11) is 0. The lowest BCUT2D eigenvalue weighted by atomic mass is 10.0. The van der Waals surface area contributed by atoms with E-state index in [0.29, 0.717) is 5.82 Å². The number of halogens is 3. The van der Waals surface area contributed by atoms with Crippen LogP contribution in [-0.4, -0.2) is 19.9 Å². The Balaban J connectivity index is 1.73. The molecule has 0 aliphatic heterocycles. The van der Waals surface area contributed by atoms with E-state index in [-0.39, 0.29) is 23.0 Å². The maximum Gasteiger partial charge on any atom is 0.433 e. The first-order valence-electron chi connectivity index (χ1n) is 9.89. The van der Waals surface area contributed by atoms with Crippen LogP contribution in [0.1, 0.15) is 30.0 Å². The highest BCUT2D eigenvalue weighted by Crippen LogP contribution is 2.37. The van der Waals surface area contributed by atoms with E-state index in [1.54, 1.807) is 0 Å². The van der Waals surface area contributed by atoms with Gasteiger partial charge < -0.3 is 16.0 Å². The monoisotopic (exact) mass is 438 g/mol. The molecule has 164 valence electrons. The molecular weight excluding hydrogens is 417 g/mol. The van der Waals surface area contributed by atoms with E-state index in [2.05, 4.69) is 31.3 Å². The lowest BCUT2D eigenvalue weighted by Gasteiger charge is -2.19. The van der Waals surface area contributed by atoms with Crippen LogP contribution in [0.4, 0.5) is 24.8 Å². The van der Waals surface area contributed by atoms with Crippen molar-refractivity contribution in [3.63, 3.8) is 0 Å². The number of alkyl halides is 3. The third-order valence-corrected chi connectivity index (χ3v) is 5.07. The molecule has 3 aromatic heterocycles. The van der Waals surface area contributed by atoms with Crippen LogP contribution in [-0.2, 0) is 6.18 Å². The Morgan fingerprint density at radius 3 is 2.47 bits per heavy atom. The van der Waals surface area contributed by atoms with Crippen LogP contribution in [0.25, 0.3) is 22.3 Å². The molecule has 0 fully saturated rings. The van der Waals surface area contributed by atoms with Crippen molar-refractivity contribution in [2.45, 2.75) is 26.1 Å². The Kier molecular flexibility index (Phi) is 5.56. The number of nitrogens with one attached hydrogen (secondary N) is 2. The number of aryl methyl sites for hydroxylation is 1. The predicted molar refractivity (Wildman–Crippen MR) is 118 cm³/mol. The van der Waals surface area contributed by atoms with Crippen molar-refractivity contribution in [1.82, 2.24) is 19.9 Å². The second kappa shape index (κ2) is 8.33. The summed E-state index contributed by atoms with van der Waals surface area (Å²) in [5.41, 5.74) is 9.53. The van der Waals surface area contributed by atoms with Crippen molar-refractivity contribution in [2.24, 2.45) is 0 Å². The molecule has 0 saturated carbocycles. The summed E-state index contributed by atoms with van der Waals surface area (Å²) in [5, 5.41) is 3.28. The molecule has 0 aliphatic carbocycles. The summed E-state index contributed by atoms with van der Waals surface area (Å²) in [6.07, 6.45) is -2.20. The van der Waals surface area contributed by atoms with E-state index < -0.39 is 11.9 Å².